The first kappa shape index (κ1) is 22.6. The van der Waals surface area contributed by atoms with Crippen molar-refractivity contribution in [1.29, 1.82) is 0 Å². The number of aliphatic imine (C=N–C) groups is 1. The van der Waals surface area contributed by atoms with Crippen molar-refractivity contribution in [1.82, 2.24) is 15.1 Å². The van der Waals surface area contributed by atoms with Crippen molar-refractivity contribution in [3.63, 3.8) is 0 Å². The summed E-state index contributed by atoms with van der Waals surface area (Å²) in [6, 6.07) is 11.6. The third-order valence-corrected chi connectivity index (χ3v) is 7.05. The van der Waals surface area contributed by atoms with Crippen LogP contribution in [0.25, 0.3) is 0 Å². The molecule has 3 saturated heterocycles. The number of nitrogens with zero attached hydrogens (tertiary/aromatic N) is 3. The minimum atomic E-state index is 0.596. The Morgan fingerprint density at radius 2 is 2.10 bits per heavy atom. The molecule has 4 rings (SSSR count). The predicted molar refractivity (Wildman–Crippen MR) is 125 cm³/mol. The molecule has 172 valence electrons. The van der Waals surface area contributed by atoms with Crippen LogP contribution in [0.3, 0.4) is 0 Å². The molecule has 3 unspecified atom stereocenters. The van der Waals surface area contributed by atoms with E-state index in [9.17, 15) is 0 Å². The number of nitrogens with one attached hydrogen (secondary N) is 1. The van der Waals surface area contributed by atoms with Gasteiger partial charge in [-0.1, -0.05) is 30.3 Å². The van der Waals surface area contributed by atoms with Gasteiger partial charge in [-0.25, -0.2) is 0 Å². The van der Waals surface area contributed by atoms with Crippen LogP contribution >= 0.6 is 0 Å². The van der Waals surface area contributed by atoms with Crippen LogP contribution in [-0.4, -0.2) is 81.5 Å². The number of hydrogen-bond donors (Lipinski definition) is 1. The lowest BCUT2D eigenvalue weighted by Crippen LogP contribution is -2.56. The SMILES string of the molecule is CN=C(NCCCOCC1CCOC1)N1CCC2C(CCCN2Cc2ccccc2)C1. The van der Waals surface area contributed by atoms with Gasteiger partial charge in [0.15, 0.2) is 5.96 Å². The van der Waals surface area contributed by atoms with Gasteiger partial charge in [-0.3, -0.25) is 9.89 Å². The zero-order valence-corrected chi connectivity index (χ0v) is 19.2. The number of fused-ring (bicyclic) bond motifs is 1. The lowest BCUT2D eigenvalue weighted by atomic mass is 9.83. The number of benzene rings is 1. The highest BCUT2D eigenvalue weighted by molar-refractivity contribution is 5.80. The molecule has 6 nitrogen and oxygen atoms in total. The smallest absolute Gasteiger partial charge is 0.193 e. The molecule has 0 radical (unpaired) electrons. The zero-order chi connectivity index (χ0) is 21.3. The highest BCUT2D eigenvalue weighted by Crippen LogP contribution is 2.31. The molecule has 0 aromatic heterocycles. The Morgan fingerprint density at radius 3 is 2.90 bits per heavy atom. The van der Waals surface area contributed by atoms with E-state index in [0.29, 0.717) is 12.0 Å². The van der Waals surface area contributed by atoms with Crippen LogP contribution in [0.1, 0.15) is 37.7 Å². The zero-order valence-electron chi connectivity index (χ0n) is 19.2. The van der Waals surface area contributed by atoms with Gasteiger partial charge >= 0.3 is 0 Å². The summed E-state index contributed by atoms with van der Waals surface area (Å²) in [5.74, 6) is 2.39. The Bertz CT molecular complexity index is 677. The van der Waals surface area contributed by atoms with Crippen LogP contribution in [0.2, 0.25) is 0 Å². The summed E-state index contributed by atoms with van der Waals surface area (Å²) in [6.45, 7) is 8.84. The van der Waals surface area contributed by atoms with Gasteiger partial charge in [0, 0.05) is 58.4 Å². The van der Waals surface area contributed by atoms with Gasteiger partial charge in [0.25, 0.3) is 0 Å². The van der Waals surface area contributed by atoms with Crippen LogP contribution in [0, 0.1) is 11.8 Å². The largest absolute Gasteiger partial charge is 0.381 e. The molecule has 0 aliphatic carbocycles. The van der Waals surface area contributed by atoms with E-state index in [2.05, 4.69) is 50.4 Å². The van der Waals surface area contributed by atoms with Gasteiger partial charge in [-0.15, -0.1) is 0 Å². The third-order valence-electron chi connectivity index (χ3n) is 7.05. The Hall–Kier alpha value is -1.63. The Morgan fingerprint density at radius 1 is 1.19 bits per heavy atom. The van der Waals surface area contributed by atoms with Crippen LogP contribution in [0.4, 0.5) is 0 Å². The van der Waals surface area contributed by atoms with Gasteiger partial charge in [0.2, 0.25) is 0 Å². The van der Waals surface area contributed by atoms with Crippen LogP contribution < -0.4 is 5.32 Å². The fourth-order valence-corrected chi connectivity index (χ4v) is 5.38. The molecule has 0 bridgehead atoms. The average molecular weight is 429 g/mol. The molecule has 31 heavy (non-hydrogen) atoms. The van der Waals surface area contributed by atoms with E-state index < -0.39 is 0 Å². The van der Waals surface area contributed by atoms with Crippen molar-refractivity contribution >= 4 is 5.96 Å². The first-order valence-corrected chi connectivity index (χ1v) is 12.2. The van der Waals surface area contributed by atoms with Gasteiger partial charge in [-0.05, 0) is 50.1 Å². The van der Waals surface area contributed by atoms with Crippen LogP contribution in [0.5, 0.6) is 0 Å². The van der Waals surface area contributed by atoms with Crippen LogP contribution in [-0.2, 0) is 16.0 Å². The standard InChI is InChI=1S/C25H40N4O2/c1-26-25(27-12-6-15-30-19-22-11-16-31-20-22)29-14-10-24-23(18-29)9-5-13-28(24)17-21-7-3-2-4-8-21/h2-4,7-8,22-24H,5-6,9-20H2,1H3,(H,26,27). The summed E-state index contributed by atoms with van der Waals surface area (Å²) in [4.78, 5) is 9.78. The maximum atomic E-state index is 5.83. The normalized spacial score (nSPS) is 27.3. The van der Waals surface area contributed by atoms with E-state index in [1.807, 2.05) is 7.05 Å². The summed E-state index contributed by atoms with van der Waals surface area (Å²) >= 11 is 0. The summed E-state index contributed by atoms with van der Waals surface area (Å²) in [7, 11) is 1.91. The molecular weight excluding hydrogens is 388 g/mol. The third kappa shape index (κ3) is 6.43. The predicted octanol–water partition coefficient (Wildman–Crippen LogP) is 2.99. The molecular formula is C25H40N4O2. The molecule has 0 amide bonds. The Kier molecular flexibility index (Phi) is 8.62. The minimum Gasteiger partial charge on any atom is -0.381 e. The molecule has 3 aliphatic heterocycles. The number of rotatable bonds is 8. The Balaban J connectivity index is 1.19. The number of likely N-dealkylation sites (tertiary alicyclic amines) is 2. The lowest BCUT2D eigenvalue weighted by molar-refractivity contribution is 0.0372. The maximum Gasteiger partial charge on any atom is 0.193 e. The summed E-state index contributed by atoms with van der Waals surface area (Å²) in [6.07, 6.45) is 6.02. The van der Waals surface area contributed by atoms with Gasteiger partial charge in [0.1, 0.15) is 0 Å². The van der Waals surface area contributed by atoms with E-state index in [-0.39, 0.29) is 0 Å². The van der Waals surface area contributed by atoms with E-state index in [1.165, 1.54) is 31.4 Å². The molecule has 0 saturated carbocycles. The molecule has 3 atom stereocenters. The van der Waals surface area contributed by atoms with Gasteiger partial charge < -0.3 is 19.7 Å². The molecule has 1 N–H and O–H groups in total. The van der Waals surface area contributed by atoms with Crippen molar-refractivity contribution in [2.24, 2.45) is 16.8 Å². The van der Waals surface area contributed by atoms with E-state index >= 15 is 0 Å². The van der Waals surface area contributed by atoms with Crippen molar-refractivity contribution < 1.29 is 9.47 Å². The fourth-order valence-electron chi connectivity index (χ4n) is 5.38. The molecule has 3 aliphatic rings. The van der Waals surface area contributed by atoms with Gasteiger partial charge in [-0.2, -0.15) is 0 Å². The van der Waals surface area contributed by atoms with Crippen molar-refractivity contribution in [2.75, 3.05) is 59.7 Å². The van der Waals surface area contributed by atoms with Crippen molar-refractivity contribution in [3.05, 3.63) is 35.9 Å². The summed E-state index contributed by atoms with van der Waals surface area (Å²) in [5, 5.41) is 3.57. The topological polar surface area (TPSA) is 49.3 Å². The fraction of sp³-hybridized carbons (Fsp3) is 0.720. The highest BCUT2D eigenvalue weighted by Gasteiger charge is 2.36. The molecule has 0 spiro atoms. The highest BCUT2D eigenvalue weighted by atomic mass is 16.5. The number of piperidine rings is 2. The number of ether oxygens (including phenoxy) is 2. The second-order valence-electron chi connectivity index (χ2n) is 9.29. The average Bonchev–Trinajstić information content (AvgIpc) is 3.33. The van der Waals surface area contributed by atoms with E-state index in [0.717, 1.165) is 77.3 Å². The number of guanidine groups is 1. The first-order chi connectivity index (χ1) is 15.3. The maximum absolute atomic E-state index is 5.83. The molecule has 3 fully saturated rings. The van der Waals surface area contributed by atoms with E-state index in [1.54, 1.807) is 0 Å². The quantitative estimate of drug-likeness (QED) is 0.392. The minimum absolute atomic E-state index is 0.596. The molecule has 1 aromatic carbocycles. The lowest BCUT2D eigenvalue weighted by Gasteiger charge is -2.48. The second kappa shape index (κ2) is 11.8. The van der Waals surface area contributed by atoms with Crippen LogP contribution in [0.15, 0.2) is 35.3 Å². The van der Waals surface area contributed by atoms with Crippen molar-refractivity contribution in [2.45, 2.75) is 44.7 Å². The van der Waals surface area contributed by atoms with E-state index in [4.69, 9.17) is 9.47 Å². The van der Waals surface area contributed by atoms with Gasteiger partial charge in [0.05, 0.1) is 13.2 Å². The summed E-state index contributed by atoms with van der Waals surface area (Å²) < 4.78 is 11.2. The molecule has 1 aromatic rings. The summed E-state index contributed by atoms with van der Waals surface area (Å²) in [5.41, 5.74) is 1.44. The Labute approximate surface area is 188 Å². The van der Waals surface area contributed by atoms with Crippen molar-refractivity contribution in [3.8, 4) is 0 Å². The first-order valence-electron chi connectivity index (χ1n) is 12.2. The second-order valence-corrected chi connectivity index (χ2v) is 9.29. The number of hydrogen-bond acceptors (Lipinski definition) is 4. The molecule has 6 heteroatoms. The molecule has 3 heterocycles. The monoisotopic (exact) mass is 428 g/mol.